The molecule has 0 saturated heterocycles. The zero-order chi connectivity index (χ0) is 61.4. The summed E-state index contributed by atoms with van der Waals surface area (Å²) in [4.78, 5) is 87.8. The SMILES string of the molecule is C.C.CC(C)C(=O)O.CON(C)C(=O)C(C)C.Cc1cccc(C)c1C(=O)Nc1ccccc1.Cc1cccc(CC(=O)C(C)NC(=O)OC(C)(C)C)c1C(=O)Nc1ccccc1.Cc1cccc2cc([C@H](C)N)n(-c3ccccc3)c(=O)c12. The zero-order valence-electron chi connectivity index (χ0n) is 50.0. The van der Waals surface area contributed by atoms with Crippen LogP contribution in [0.25, 0.3) is 16.5 Å². The standard InChI is InChI=1S/C23H28N2O4.C18H18N2O.C15H15NO.C6H13NO2.C4H8O2.2CH4/c1-15-10-9-11-17(20(15)21(27)25-18-12-7-6-8-13-18)14-19(26)16(2)24-22(28)29-23(3,4)5;1-12-7-6-8-14-11-16(13(2)19)20(18(21)17(12)14)15-9-4-3-5-10-15;1-11-7-6-8-12(2)14(11)15(17)16-13-9-4-3-5-10-13;1-5(2)6(8)7(3)9-4;1-3(2)4(5)6;;/h6-13,16H,14H2,1-5H3,(H,24,28)(H,25,27);3-11,13H,19H2,1-2H3;3-10H,1-2H3,(H,16,17);5H,1-4H3;3H,1-2H3,(H,5,6);2*1H4/t;13-;;;;;/m.0...../s1. The Morgan fingerprint density at radius 1 is 0.619 bits per heavy atom. The number of carbonyl (C=O) groups excluding carboxylic acids is 5. The number of aliphatic carboxylic acids is 1. The summed E-state index contributed by atoms with van der Waals surface area (Å²) in [5.41, 5.74) is 14.2. The Labute approximate surface area is 497 Å². The Bertz CT molecular complexity index is 3280. The molecule has 452 valence electrons. The number of ketones is 1. The normalized spacial score (nSPS) is 11.0. The highest BCUT2D eigenvalue weighted by Gasteiger charge is 2.24. The van der Waals surface area contributed by atoms with Crippen molar-refractivity contribution in [1.29, 1.82) is 0 Å². The first-order valence-electron chi connectivity index (χ1n) is 27.0. The fraction of sp³-hybridized carbons (Fsp3) is 0.338. The number of nitrogens with one attached hydrogen (secondary N) is 3. The van der Waals surface area contributed by atoms with E-state index in [1.807, 2.05) is 182 Å². The molecule has 6 N–H and O–H groups in total. The summed E-state index contributed by atoms with van der Waals surface area (Å²) in [6, 6.07) is 46.5. The molecule has 4 amide bonds. The zero-order valence-corrected chi connectivity index (χ0v) is 50.0. The van der Waals surface area contributed by atoms with Crippen molar-refractivity contribution in [3.63, 3.8) is 0 Å². The van der Waals surface area contributed by atoms with Crippen LogP contribution in [0.2, 0.25) is 0 Å². The number of hydrogen-bond donors (Lipinski definition) is 5. The Morgan fingerprint density at radius 2 is 1.05 bits per heavy atom. The lowest BCUT2D eigenvalue weighted by Gasteiger charge is -2.21. The number of nitrogens with two attached hydrogens (primary N) is 1. The van der Waals surface area contributed by atoms with Gasteiger partial charge in [0, 0.05) is 59.3 Å². The van der Waals surface area contributed by atoms with E-state index in [9.17, 15) is 33.6 Å². The lowest BCUT2D eigenvalue weighted by atomic mass is 9.95. The average Bonchev–Trinajstić information content (AvgIpc) is 1.94. The molecular weight excluding hydrogens is 1060 g/mol. The van der Waals surface area contributed by atoms with E-state index in [0.29, 0.717) is 16.8 Å². The quantitative estimate of drug-likeness (QED) is 0.0682. The van der Waals surface area contributed by atoms with Crippen LogP contribution in [-0.4, -0.2) is 76.1 Å². The Kier molecular flexibility index (Phi) is 30.8. The molecule has 1 unspecified atom stereocenters. The van der Waals surface area contributed by atoms with Crippen LogP contribution in [0.15, 0.2) is 156 Å². The van der Waals surface area contributed by atoms with Crippen LogP contribution in [0.3, 0.4) is 0 Å². The van der Waals surface area contributed by atoms with Gasteiger partial charge in [0.15, 0.2) is 5.78 Å². The van der Waals surface area contributed by atoms with Crippen LogP contribution in [0.1, 0.15) is 137 Å². The largest absolute Gasteiger partial charge is 0.481 e. The van der Waals surface area contributed by atoms with Crippen molar-refractivity contribution >= 4 is 57.7 Å². The molecule has 16 heteroatoms. The van der Waals surface area contributed by atoms with Crippen LogP contribution in [0, 0.1) is 39.5 Å². The molecule has 0 aliphatic heterocycles. The fourth-order valence-corrected chi connectivity index (χ4v) is 7.90. The number of aromatic nitrogens is 1. The predicted octanol–water partition coefficient (Wildman–Crippen LogP) is 13.8. The first kappa shape index (κ1) is 73.3. The highest BCUT2D eigenvalue weighted by molar-refractivity contribution is 6.07. The van der Waals surface area contributed by atoms with Crippen molar-refractivity contribution in [1.82, 2.24) is 14.9 Å². The summed E-state index contributed by atoms with van der Waals surface area (Å²) in [6.45, 7) is 23.4. The molecule has 1 aromatic heterocycles. The topological polar surface area (TPSA) is 228 Å². The Morgan fingerprint density at radius 3 is 1.48 bits per heavy atom. The number of hydrogen-bond acceptors (Lipinski definition) is 10. The first-order chi connectivity index (χ1) is 38.6. The van der Waals surface area contributed by atoms with Gasteiger partial charge in [-0.25, -0.2) is 9.86 Å². The second-order valence-corrected chi connectivity index (χ2v) is 21.1. The molecule has 0 spiro atoms. The van der Waals surface area contributed by atoms with Crippen molar-refractivity contribution in [2.24, 2.45) is 17.6 Å². The maximum absolute atomic E-state index is 13.0. The molecule has 0 radical (unpaired) electrons. The smallest absolute Gasteiger partial charge is 0.408 e. The molecule has 1 heterocycles. The summed E-state index contributed by atoms with van der Waals surface area (Å²) in [5, 5.41) is 19.2. The molecule has 16 nitrogen and oxygen atoms in total. The van der Waals surface area contributed by atoms with Gasteiger partial charge in [-0.05, 0) is 138 Å². The van der Waals surface area contributed by atoms with Gasteiger partial charge in [-0.3, -0.25) is 38.2 Å². The monoisotopic (exact) mass is 1150 g/mol. The number of fused-ring (bicyclic) bond motifs is 1. The number of hydroxylamine groups is 2. The van der Waals surface area contributed by atoms with Gasteiger partial charge >= 0.3 is 12.1 Å². The van der Waals surface area contributed by atoms with E-state index in [0.717, 1.165) is 55.7 Å². The summed E-state index contributed by atoms with van der Waals surface area (Å²) >= 11 is 0. The molecule has 6 aromatic carbocycles. The Hall–Kier alpha value is -8.73. The minimum atomic E-state index is -0.741. The number of aryl methyl sites for hydroxylation is 4. The van der Waals surface area contributed by atoms with Crippen molar-refractivity contribution in [3.8, 4) is 5.69 Å². The van der Waals surface area contributed by atoms with E-state index in [1.165, 1.54) is 12.2 Å². The number of ether oxygens (including phenoxy) is 1. The maximum Gasteiger partial charge on any atom is 0.408 e. The van der Waals surface area contributed by atoms with Gasteiger partial charge in [0.1, 0.15) is 5.60 Å². The van der Waals surface area contributed by atoms with Gasteiger partial charge < -0.3 is 31.5 Å². The van der Waals surface area contributed by atoms with Crippen molar-refractivity contribution < 1.29 is 43.4 Å². The van der Waals surface area contributed by atoms with Crippen LogP contribution in [0.4, 0.5) is 16.2 Å². The van der Waals surface area contributed by atoms with Gasteiger partial charge in [0.25, 0.3) is 17.4 Å². The van der Waals surface area contributed by atoms with E-state index in [4.69, 9.17) is 15.6 Å². The second kappa shape index (κ2) is 35.3. The van der Waals surface area contributed by atoms with E-state index in [1.54, 1.807) is 71.4 Å². The van der Waals surface area contributed by atoms with E-state index >= 15 is 0 Å². The van der Waals surface area contributed by atoms with Gasteiger partial charge in [0.05, 0.1) is 24.5 Å². The van der Waals surface area contributed by atoms with Crippen LogP contribution < -0.4 is 27.2 Å². The summed E-state index contributed by atoms with van der Waals surface area (Å²) in [7, 11) is 3.07. The fourth-order valence-electron chi connectivity index (χ4n) is 7.90. The van der Waals surface area contributed by atoms with Gasteiger partial charge in [-0.1, -0.05) is 152 Å². The third-order valence-electron chi connectivity index (χ3n) is 12.3. The molecule has 0 saturated carbocycles. The number of rotatable bonds is 13. The Balaban J connectivity index is 0.000000567. The van der Waals surface area contributed by atoms with E-state index < -0.39 is 23.7 Å². The molecular formula is C68H90N6O10. The maximum atomic E-state index is 13.0. The molecule has 0 bridgehead atoms. The summed E-state index contributed by atoms with van der Waals surface area (Å²) in [6.07, 6.45) is -0.624. The number of carboxylic acids is 1. The third kappa shape index (κ3) is 23.3. The first-order valence-corrected chi connectivity index (χ1v) is 27.0. The number of carbonyl (C=O) groups is 6. The number of amides is 4. The summed E-state index contributed by atoms with van der Waals surface area (Å²) < 4.78 is 6.91. The number of nitrogens with zero attached hydrogens (tertiary/aromatic N) is 2. The number of para-hydroxylation sites is 3. The third-order valence-corrected chi connectivity index (χ3v) is 12.3. The average molecular weight is 1150 g/mol. The number of Topliss-reactive ketones (excluding diaryl/α,β-unsaturated/α-hetero) is 1. The molecule has 0 fully saturated rings. The van der Waals surface area contributed by atoms with Gasteiger partial charge in [-0.2, -0.15) is 0 Å². The highest BCUT2D eigenvalue weighted by atomic mass is 16.7. The number of anilines is 2. The van der Waals surface area contributed by atoms with E-state index in [2.05, 4.69) is 20.8 Å². The van der Waals surface area contributed by atoms with Crippen LogP contribution in [0.5, 0.6) is 0 Å². The molecule has 2 atom stereocenters. The lowest BCUT2D eigenvalue weighted by molar-refractivity contribution is -0.172. The van der Waals surface area contributed by atoms with Crippen molar-refractivity contribution in [2.75, 3.05) is 24.8 Å². The minimum Gasteiger partial charge on any atom is -0.481 e. The van der Waals surface area contributed by atoms with Crippen molar-refractivity contribution in [2.45, 2.75) is 129 Å². The number of alkyl carbamates (subject to hydrolysis) is 1. The predicted molar refractivity (Wildman–Crippen MR) is 341 cm³/mol. The lowest BCUT2D eigenvalue weighted by Crippen LogP contribution is -2.42. The highest BCUT2D eigenvalue weighted by Crippen LogP contribution is 2.23. The molecule has 0 aliphatic rings. The molecule has 7 aromatic rings. The molecule has 7 rings (SSSR count). The number of benzene rings is 6. The minimum absolute atomic E-state index is 0. The van der Waals surface area contributed by atoms with Crippen molar-refractivity contribution in [3.05, 3.63) is 207 Å². The van der Waals surface area contributed by atoms with Crippen LogP contribution in [-0.2, 0) is 30.4 Å². The van der Waals surface area contributed by atoms with E-state index in [-0.39, 0.29) is 68.2 Å². The second-order valence-electron chi connectivity index (χ2n) is 21.1. The molecule has 84 heavy (non-hydrogen) atoms. The van der Waals surface area contributed by atoms with Gasteiger partial charge in [0.2, 0.25) is 5.91 Å². The molecule has 0 aliphatic carbocycles. The van der Waals surface area contributed by atoms with Gasteiger partial charge in [-0.15, -0.1) is 0 Å². The number of carboxylic acid groups (broad SMARTS) is 1. The van der Waals surface area contributed by atoms with Crippen LogP contribution >= 0.6 is 0 Å². The number of pyridine rings is 1. The summed E-state index contributed by atoms with van der Waals surface area (Å²) in [5.74, 6) is -1.50.